The summed E-state index contributed by atoms with van der Waals surface area (Å²) in [5.74, 6) is 0.213. The third-order valence-corrected chi connectivity index (χ3v) is 3.40. The number of carbonyl (C=O) groups excluding carboxylic acids is 1. The number of benzene rings is 1. The summed E-state index contributed by atoms with van der Waals surface area (Å²) in [6.07, 6.45) is 3.58. The van der Waals surface area contributed by atoms with E-state index in [0.29, 0.717) is 12.2 Å². The van der Waals surface area contributed by atoms with E-state index in [1.54, 1.807) is 0 Å². The zero-order chi connectivity index (χ0) is 14.5. The van der Waals surface area contributed by atoms with Crippen LogP contribution >= 0.6 is 0 Å². The van der Waals surface area contributed by atoms with E-state index < -0.39 is 5.82 Å². The highest BCUT2D eigenvalue weighted by Crippen LogP contribution is 2.29. The minimum Gasteiger partial charge on any atom is -0.396 e. The van der Waals surface area contributed by atoms with Crippen molar-refractivity contribution in [3.05, 3.63) is 24.0 Å². The highest BCUT2D eigenvalue weighted by molar-refractivity contribution is 5.92. The molecule has 3 N–H and O–H groups in total. The summed E-state index contributed by atoms with van der Waals surface area (Å²) in [6.45, 7) is 4.41. The Kier molecular flexibility index (Phi) is 4.95. The van der Waals surface area contributed by atoms with Crippen LogP contribution in [0.25, 0.3) is 0 Å². The Morgan fingerprint density at radius 3 is 2.85 bits per heavy atom. The van der Waals surface area contributed by atoms with Crippen molar-refractivity contribution in [3.63, 3.8) is 0 Å². The highest BCUT2D eigenvalue weighted by atomic mass is 19.1. The lowest BCUT2D eigenvalue weighted by atomic mass is 10.2. The number of nitrogen functional groups attached to an aromatic ring is 1. The van der Waals surface area contributed by atoms with E-state index >= 15 is 0 Å². The molecule has 1 fully saturated rings. The molecule has 1 saturated carbocycles. The number of halogens is 1. The van der Waals surface area contributed by atoms with Crippen molar-refractivity contribution in [2.24, 2.45) is 5.92 Å². The molecule has 1 aliphatic rings. The van der Waals surface area contributed by atoms with Gasteiger partial charge in [0.1, 0.15) is 5.82 Å². The molecular formula is C15H22FN3O. The lowest BCUT2D eigenvalue weighted by molar-refractivity contribution is -0.117. The molecule has 1 aliphatic carbocycles. The lowest BCUT2D eigenvalue weighted by Crippen LogP contribution is -2.35. The molecule has 4 nitrogen and oxygen atoms in total. The number of nitrogens with one attached hydrogen (secondary N) is 1. The Bertz CT molecular complexity index is 474. The number of nitrogens with two attached hydrogens (primary N) is 1. The van der Waals surface area contributed by atoms with Gasteiger partial charge in [-0.15, -0.1) is 0 Å². The predicted molar refractivity (Wildman–Crippen MR) is 78.9 cm³/mol. The smallest absolute Gasteiger partial charge is 0.238 e. The van der Waals surface area contributed by atoms with E-state index in [4.69, 9.17) is 5.73 Å². The number of rotatable bonds is 7. The van der Waals surface area contributed by atoms with Crippen LogP contribution in [0.1, 0.15) is 26.2 Å². The molecule has 0 radical (unpaired) electrons. The van der Waals surface area contributed by atoms with Crippen LogP contribution in [0.3, 0.4) is 0 Å². The molecule has 0 spiro atoms. The monoisotopic (exact) mass is 279 g/mol. The number of hydrogen-bond acceptors (Lipinski definition) is 3. The van der Waals surface area contributed by atoms with E-state index in [-0.39, 0.29) is 11.6 Å². The Morgan fingerprint density at radius 1 is 1.50 bits per heavy atom. The molecule has 0 aromatic heterocycles. The maximum absolute atomic E-state index is 13.1. The minimum atomic E-state index is -0.468. The van der Waals surface area contributed by atoms with Crippen LogP contribution in [0.2, 0.25) is 0 Å². The Morgan fingerprint density at radius 2 is 2.25 bits per heavy atom. The first-order chi connectivity index (χ1) is 9.58. The van der Waals surface area contributed by atoms with E-state index in [0.717, 1.165) is 25.4 Å². The van der Waals surface area contributed by atoms with Gasteiger partial charge in [-0.1, -0.05) is 6.92 Å². The van der Waals surface area contributed by atoms with Crippen LogP contribution in [0.4, 0.5) is 15.8 Å². The number of amides is 1. The van der Waals surface area contributed by atoms with Gasteiger partial charge in [-0.25, -0.2) is 4.39 Å². The van der Waals surface area contributed by atoms with Gasteiger partial charge >= 0.3 is 0 Å². The zero-order valence-corrected chi connectivity index (χ0v) is 11.9. The summed E-state index contributed by atoms with van der Waals surface area (Å²) in [4.78, 5) is 14.2. The van der Waals surface area contributed by atoms with Crippen LogP contribution in [-0.4, -0.2) is 30.4 Å². The number of nitrogens with zero attached hydrogens (tertiary/aromatic N) is 1. The summed E-state index contributed by atoms with van der Waals surface area (Å²) < 4.78 is 13.1. The second-order valence-corrected chi connectivity index (χ2v) is 5.46. The van der Waals surface area contributed by atoms with E-state index in [1.165, 1.54) is 31.0 Å². The SMILES string of the molecule is CCCN(CC(=O)Nc1ccc(F)c(N)c1)CC1CC1. The zero-order valence-electron chi connectivity index (χ0n) is 11.9. The second-order valence-electron chi connectivity index (χ2n) is 5.46. The maximum atomic E-state index is 13.1. The van der Waals surface area contributed by atoms with Crippen molar-refractivity contribution in [2.45, 2.75) is 26.2 Å². The third kappa shape index (κ3) is 4.49. The van der Waals surface area contributed by atoms with Crippen LogP contribution in [0.5, 0.6) is 0 Å². The van der Waals surface area contributed by atoms with Gasteiger partial charge in [0.05, 0.1) is 12.2 Å². The van der Waals surface area contributed by atoms with E-state index in [9.17, 15) is 9.18 Å². The van der Waals surface area contributed by atoms with Gasteiger partial charge in [-0.05, 0) is 49.9 Å². The topological polar surface area (TPSA) is 58.4 Å². The average molecular weight is 279 g/mol. The molecule has 110 valence electrons. The van der Waals surface area contributed by atoms with Gasteiger partial charge in [0.15, 0.2) is 0 Å². The van der Waals surface area contributed by atoms with Crippen molar-refractivity contribution in [2.75, 3.05) is 30.7 Å². The van der Waals surface area contributed by atoms with Crippen molar-refractivity contribution in [3.8, 4) is 0 Å². The van der Waals surface area contributed by atoms with Gasteiger partial charge < -0.3 is 11.1 Å². The molecular weight excluding hydrogens is 257 g/mol. The number of hydrogen-bond donors (Lipinski definition) is 2. The molecule has 0 atom stereocenters. The van der Waals surface area contributed by atoms with Crippen molar-refractivity contribution in [1.29, 1.82) is 0 Å². The fourth-order valence-corrected chi connectivity index (χ4v) is 2.24. The molecule has 20 heavy (non-hydrogen) atoms. The first-order valence-electron chi connectivity index (χ1n) is 7.15. The highest BCUT2D eigenvalue weighted by Gasteiger charge is 2.24. The Balaban J connectivity index is 1.87. The van der Waals surface area contributed by atoms with Crippen LogP contribution in [0.15, 0.2) is 18.2 Å². The first-order valence-corrected chi connectivity index (χ1v) is 7.15. The Labute approximate surface area is 119 Å². The molecule has 0 unspecified atom stereocenters. The van der Waals surface area contributed by atoms with Gasteiger partial charge in [-0.2, -0.15) is 0 Å². The van der Waals surface area contributed by atoms with E-state index in [2.05, 4.69) is 17.1 Å². The molecule has 1 aromatic carbocycles. The molecule has 5 heteroatoms. The molecule has 0 heterocycles. The molecule has 1 amide bonds. The van der Waals surface area contributed by atoms with Gasteiger partial charge in [0.25, 0.3) is 0 Å². The summed E-state index contributed by atoms with van der Waals surface area (Å²) in [7, 11) is 0. The quantitative estimate of drug-likeness (QED) is 0.754. The molecule has 0 saturated heterocycles. The van der Waals surface area contributed by atoms with Crippen LogP contribution in [-0.2, 0) is 4.79 Å². The summed E-state index contributed by atoms with van der Waals surface area (Å²) in [6, 6.07) is 4.23. The van der Waals surface area contributed by atoms with Gasteiger partial charge in [0.2, 0.25) is 5.91 Å². The van der Waals surface area contributed by atoms with Crippen LogP contribution in [0, 0.1) is 11.7 Å². The second kappa shape index (κ2) is 6.70. The lowest BCUT2D eigenvalue weighted by Gasteiger charge is -2.20. The van der Waals surface area contributed by atoms with Crippen molar-refractivity contribution in [1.82, 2.24) is 4.90 Å². The largest absolute Gasteiger partial charge is 0.396 e. The van der Waals surface area contributed by atoms with Gasteiger partial charge in [0, 0.05) is 12.2 Å². The van der Waals surface area contributed by atoms with Gasteiger partial charge in [-0.3, -0.25) is 9.69 Å². The summed E-state index contributed by atoms with van der Waals surface area (Å²) in [5.41, 5.74) is 6.07. The third-order valence-electron chi connectivity index (χ3n) is 3.40. The summed E-state index contributed by atoms with van der Waals surface area (Å²) >= 11 is 0. The van der Waals surface area contributed by atoms with E-state index in [1.807, 2.05) is 0 Å². The fraction of sp³-hybridized carbons (Fsp3) is 0.533. The summed E-state index contributed by atoms with van der Waals surface area (Å²) in [5, 5.41) is 2.77. The minimum absolute atomic E-state index is 0.0474. The normalized spacial score (nSPS) is 14.6. The molecule has 2 rings (SSSR count). The Hall–Kier alpha value is -1.62. The maximum Gasteiger partial charge on any atom is 0.238 e. The van der Waals surface area contributed by atoms with Crippen molar-refractivity contribution >= 4 is 17.3 Å². The molecule has 0 aliphatic heterocycles. The van der Waals surface area contributed by atoms with Crippen LogP contribution < -0.4 is 11.1 Å². The standard InChI is InChI=1S/C15H22FN3O/c1-2-7-19(9-11-3-4-11)10-15(20)18-12-5-6-13(16)14(17)8-12/h5-6,8,11H,2-4,7,9-10,17H2,1H3,(H,18,20). The fourth-order valence-electron chi connectivity index (χ4n) is 2.24. The first kappa shape index (κ1) is 14.8. The number of carbonyl (C=O) groups is 1. The predicted octanol–water partition coefficient (Wildman–Crippen LogP) is 2.47. The molecule has 1 aromatic rings. The number of anilines is 2. The molecule has 0 bridgehead atoms. The average Bonchev–Trinajstić information content (AvgIpc) is 3.18. The van der Waals surface area contributed by atoms with Crippen molar-refractivity contribution < 1.29 is 9.18 Å².